The summed E-state index contributed by atoms with van der Waals surface area (Å²) in [6, 6.07) is 34.3. The molecule has 4 aromatic rings. The normalized spacial score (nSPS) is 27.6. The molecule has 2 spiro atoms. The van der Waals surface area contributed by atoms with Gasteiger partial charge in [-0.25, -0.2) is 0 Å². The molecule has 4 atom stereocenters. The van der Waals surface area contributed by atoms with Gasteiger partial charge in [0.1, 0.15) is 11.2 Å². The average Bonchev–Trinajstić information content (AvgIpc) is 3.48. The van der Waals surface area contributed by atoms with E-state index in [1.165, 1.54) is 6.92 Å². The summed E-state index contributed by atoms with van der Waals surface area (Å²) in [5.74, 6) is -2.00. The first-order valence-electron chi connectivity index (χ1n) is 14.4. The Morgan fingerprint density at radius 3 is 1.71 bits per heavy atom. The lowest BCUT2D eigenvalue weighted by molar-refractivity contribution is -0.141. The fourth-order valence-corrected chi connectivity index (χ4v) is 8.24. The third-order valence-corrected chi connectivity index (χ3v) is 9.68. The molecule has 2 amide bonds. The van der Waals surface area contributed by atoms with Crippen LogP contribution in [0.5, 0.6) is 0 Å². The van der Waals surface area contributed by atoms with Gasteiger partial charge in [0.05, 0.1) is 30.0 Å². The van der Waals surface area contributed by atoms with Gasteiger partial charge in [-0.1, -0.05) is 97.1 Å². The van der Waals surface area contributed by atoms with Crippen molar-refractivity contribution in [1.29, 1.82) is 0 Å². The van der Waals surface area contributed by atoms with Crippen molar-refractivity contribution in [3.63, 3.8) is 0 Å². The highest BCUT2D eigenvalue weighted by Crippen LogP contribution is 2.68. The van der Waals surface area contributed by atoms with Crippen molar-refractivity contribution in [3.05, 3.63) is 131 Å². The van der Waals surface area contributed by atoms with Crippen molar-refractivity contribution >= 4 is 29.0 Å². The summed E-state index contributed by atoms with van der Waals surface area (Å²) in [6.45, 7) is 3.70. The molecule has 3 aliphatic rings. The zero-order chi connectivity index (χ0) is 29.3. The molecular formula is C36H32N2O4. The van der Waals surface area contributed by atoms with Crippen molar-refractivity contribution < 1.29 is 19.5 Å². The maximum atomic E-state index is 14.9. The quantitative estimate of drug-likeness (QED) is 0.361. The average molecular weight is 557 g/mol. The number of hydrogen-bond acceptors (Lipinski definition) is 4. The van der Waals surface area contributed by atoms with Crippen LogP contribution in [0.15, 0.2) is 109 Å². The minimum Gasteiger partial charge on any atom is -0.389 e. The second-order valence-electron chi connectivity index (χ2n) is 12.1. The lowest BCUT2D eigenvalue weighted by Crippen LogP contribution is -2.58. The number of ketones is 1. The summed E-state index contributed by atoms with van der Waals surface area (Å²) in [4.78, 5) is 47.3. The summed E-state index contributed by atoms with van der Waals surface area (Å²) in [7, 11) is 0. The van der Waals surface area contributed by atoms with E-state index in [-0.39, 0.29) is 30.6 Å². The predicted octanol–water partition coefficient (Wildman–Crippen LogP) is 5.32. The van der Waals surface area contributed by atoms with E-state index >= 15 is 0 Å². The van der Waals surface area contributed by atoms with Gasteiger partial charge in [0.2, 0.25) is 11.8 Å². The first-order chi connectivity index (χ1) is 20.2. The van der Waals surface area contributed by atoms with E-state index in [1.54, 1.807) is 16.7 Å². The molecule has 4 aromatic carbocycles. The van der Waals surface area contributed by atoms with E-state index < -0.39 is 22.3 Å². The van der Waals surface area contributed by atoms with Crippen molar-refractivity contribution in [3.8, 4) is 0 Å². The van der Waals surface area contributed by atoms with Crippen molar-refractivity contribution in [1.82, 2.24) is 0 Å². The summed E-state index contributed by atoms with van der Waals surface area (Å²) < 4.78 is 0. The smallest absolute Gasteiger partial charge is 0.241 e. The molecule has 1 aliphatic carbocycles. The molecule has 210 valence electrons. The number of aliphatic hydroxyl groups is 1. The topological polar surface area (TPSA) is 77.9 Å². The van der Waals surface area contributed by atoms with E-state index in [1.807, 2.05) is 109 Å². The Balaban J connectivity index is 1.44. The Hall–Kier alpha value is -4.55. The van der Waals surface area contributed by atoms with Crippen LogP contribution in [0.1, 0.15) is 42.5 Å². The highest BCUT2D eigenvalue weighted by atomic mass is 16.3. The zero-order valence-electron chi connectivity index (χ0n) is 23.7. The highest BCUT2D eigenvalue weighted by Gasteiger charge is 2.79. The SMILES string of the molecule is CC(=O)[C@H]1[C@@]2(C(=O)N(Cc3ccccc3)c3ccccc32)[C@](C)(O)C[C@]12C(=O)N(Cc1ccccc1)c1ccccc12. The second kappa shape index (κ2) is 9.23. The van der Waals surface area contributed by atoms with Gasteiger partial charge in [-0.3, -0.25) is 14.4 Å². The summed E-state index contributed by atoms with van der Waals surface area (Å²) in [6.07, 6.45) is -0.0510. The monoisotopic (exact) mass is 556 g/mol. The van der Waals surface area contributed by atoms with Gasteiger partial charge in [-0.05, 0) is 54.7 Å². The maximum absolute atomic E-state index is 14.9. The van der Waals surface area contributed by atoms with Crippen molar-refractivity contribution in [2.75, 3.05) is 9.80 Å². The molecule has 2 aliphatic heterocycles. The van der Waals surface area contributed by atoms with Crippen LogP contribution in [-0.2, 0) is 38.3 Å². The van der Waals surface area contributed by atoms with Crippen LogP contribution in [0, 0.1) is 5.92 Å². The van der Waals surface area contributed by atoms with Gasteiger partial charge in [-0.2, -0.15) is 0 Å². The first-order valence-corrected chi connectivity index (χ1v) is 14.4. The van der Waals surface area contributed by atoms with Gasteiger partial charge >= 0.3 is 0 Å². The maximum Gasteiger partial charge on any atom is 0.241 e. The van der Waals surface area contributed by atoms with E-state index in [4.69, 9.17) is 0 Å². The molecule has 0 unspecified atom stereocenters. The Labute approximate surface area is 245 Å². The number of fused-ring (bicyclic) bond motifs is 4. The van der Waals surface area contributed by atoms with Gasteiger partial charge in [0, 0.05) is 11.4 Å². The molecule has 6 nitrogen and oxygen atoms in total. The number of carbonyl (C=O) groups excluding carboxylic acids is 3. The van der Waals surface area contributed by atoms with Crippen LogP contribution < -0.4 is 9.80 Å². The first kappa shape index (κ1) is 26.4. The Kier molecular flexibility index (Phi) is 5.79. The molecule has 0 aromatic heterocycles. The standard InChI is InChI=1S/C36H32N2O4/c1-24(39)31-35(27-17-9-11-19-29(27)37(32(35)40)21-25-13-5-3-6-14-25)23-34(2,42)36(31)28-18-10-12-20-30(28)38(33(36)41)22-26-15-7-4-8-16-26/h3-20,31,42H,21-23H2,1-2H3/t31-,34-,35-,36+/m1/s1. The number of benzene rings is 4. The number of amides is 2. The van der Waals surface area contributed by atoms with Crippen LogP contribution in [-0.4, -0.2) is 28.3 Å². The van der Waals surface area contributed by atoms with E-state index in [0.29, 0.717) is 29.0 Å². The second-order valence-corrected chi connectivity index (χ2v) is 12.1. The molecule has 7 rings (SSSR count). The van der Waals surface area contributed by atoms with Gasteiger partial charge in [-0.15, -0.1) is 0 Å². The third-order valence-electron chi connectivity index (χ3n) is 9.68. The molecule has 42 heavy (non-hydrogen) atoms. The molecular weight excluding hydrogens is 524 g/mol. The summed E-state index contributed by atoms with van der Waals surface area (Å²) >= 11 is 0. The molecule has 0 saturated heterocycles. The fraction of sp³-hybridized carbons (Fsp3) is 0.250. The Bertz CT molecular complexity index is 1730. The number of Topliss-reactive ketones (excluding diaryl/α,β-unsaturated/α-hetero) is 1. The molecule has 6 heteroatoms. The number of para-hydroxylation sites is 2. The number of carbonyl (C=O) groups is 3. The minimum absolute atomic E-state index is 0.0510. The van der Waals surface area contributed by atoms with Crippen LogP contribution in [0.25, 0.3) is 0 Å². The number of rotatable bonds is 5. The van der Waals surface area contributed by atoms with Gasteiger partial charge in [0.15, 0.2) is 0 Å². The third kappa shape index (κ3) is 3.33. The van der Waals surface area contributed by atoms with E-state index in [0.717, 1.165) is 11.1 Å². The molecule has 0 bridgehead atoms. The van der Waals surface area contributed by atoms with E-state index in [2.05, 4.69) is 0 Å². The molecule has 1 fully saturated rings. The van der Waals surface area contributed by atoms with Crippen LogP contribution >= 0.6 is 0 Å². The van der Waals surface area contributed by atoms with Crippen molar-refractivity contribution in [2.24, 2.45) is 5.92 Å². The Morgan fingerprint density at radius 2 is 1.17 bits per heavy atom. The molecule has 0 radical (unpaired) electrons. The zero-order valence-corrected chi connectivity index (χ0v) is 23.7. The van der Waals surface area contributed by atoms with Crippen LogP contribution in [0.4, 0.5) is 11.4 Å². The van der Waals surface area contributed by atoms with Crippen molar-refractivity contribution in [2.45, 2.75) is 49.8 Å². The number of hydrogen-bond donors (Lipinski definition) is 1. The van der Waals surface area contributed by atoms with E-state index in [9.17, 15) is 19.5 Å². The fourth-order valence-electron chi connectivity index (χ4n) is 8.24. The number of anilines is 2. The van der Waals surface area contributed by atoms with Crippen LogP contribution in [0.2, 0.25) is 0 Å². The largest absolute Gasteiger partial charge is 0.389 e. The lowest BCUT2D eigenvalue weighted by Gasteiger charge is -2.40. The molecule has 1 N–H and O–H groups in total. The molecule has 1 saturated carbocycles. The van der Waals surface area contributed by atoms with Crippen LogP contribution in [0.3, 0.4) is 0 Å². The predicted molar refractivity (Wildman–Crippen MR) is 161 cm³/mol. The highest BCUT2D eigenvalue weighted by molar-refractivity contribution is 6.18. The summed E-state index contributed by atoms with van der Waals surface area (Å²) in [5.41, 5.74) is -0.209. The van der Waals surface area contributed by atoms with Gasteiger partial charge < -0.3 is 14.9 Å². The lowest BCUT2D eigenvalue weighted by atomic mass is 9.60. The summed E-state index contributed by atoms with van der Waals surface area (Å²) in [5, 5.41) is 12.5. The molecule has 2 heterocycles. The minimum atomic E-state index is -1.70. The number of nitrogens with zero attached hydrogens (tertiary/aromatic N) is 2. The van der Waals surface area contributed by atoms with Gasteiger partial charge in [0.25, 0.3) is 0 Å². The Morgan fingerprint density at radius 1 is 0.714 bits per heavy atom.